The second-order valence-corrected chi connectivity index (χ2v) is 8.72. The molecule has 0 radical (unpaired) electrons. The number of thioether (sulfide) groups is 1. The molecule has 3 aliphatic heterocycles. The average Bonchev–Trinajstić information content (AvgIpc) is 3.45. The van der Waals surface area contributed by atoms with E-state index in [1.54, 1.807) is 24.0 Å². The van der Waals surface area contributed by atoms with Gasteiger partial charge in [0.1, 0.15) is 11.9 Å². The van der Waals surface area contributed by atoms with Crippen LogP contribution in [-0.4, -0.2) is 39.9 Å². The van der Waals surface area contributed by atoms with Crippen LogP contribution in [0.15, 0.2) is 47.6 Å². The number of aromatic nitrogens is 1. The van der Waals surface area contributed by atoms with Gasteiger partial charge in [0, 0.05) is 42.3 Å². The van der Waals surface area contributed by atoms with Gasteiger partial charge in [-0.1, -0.05) is 30.8 Å². The van der Waals surface area contributed by atoms with E-state index in [0.717, 1.165) is 47.4 Å². The Labute approximate surface area is 169 Å². The molecule has 2 saturated heterocycles. The highest BCUT2D eigenvalue weighted by Crippen LogP contribution is 2.49. The monoisotopic (exact) mass is 396 g/mol. The lowest BCUT2D eigenvalue weighted by Crippen LogP contribution is -2.35. The van der Waals surface area contributed by atoms with Crippen molar-refractivity contribution in [3.05, 3.63) is 59.7 Å². The van der Waals surface area contributed by atoms with Gasteiger partial charge in [-0.2, -0.15) is 0 Å². The molecule has 4 heterocycles. The number of anilines is 1. The van der Waals surface area contributed by atoms with Crippen molar-refractivity contribution >= 4 is 22.6 Å². The maximum Gasteiger partial charge on any atom is 0.160 e. The standard InChI is InChI=1S/C22H25FN4S/c1-2-15-14-28-22-25-20(19-7-3-4-10-24-19)21(27(15)22)17-9-8-16(13-18(17)23)26-11-5-6-12-26/h3-4,7-10,13,15,20-21H,2,5-6,11-12,14H2,1H3/t15-,20-,21+/m0/s1. The fraction of sp³-hybridized carbons (Fsp3) is 0.455. The first-order chi connectivity index (χ1) is 13.8. The molecular formula is C22H25FN4S. The van der Waals surface area contributed by atoms with Crippen molar-refractivity contribution in [3.63, 3.8) is 0 Å². The van der Waals surface area contributed by atoms with Crippen LogP contribution in [0.25, 0.3) is 0 Å². The number of benzene rings is 1. The third-order valence-electron chi connectivity index (χ3n) is 6.10. The van der Waals surface area contributed by atoms with Crippen LogP contribution in [0.2, 0.25) is 0 Å². The number of fused-ring (bicyclic) bond motifs is 1. The number of pyridine rings is 1. The van der Waals surface area contributed by atoms with Crippen LogP contribution < -0.4 is 4.90 Å². The van der Waals surface area contributed by atoms with E-state index in [4.69, 9.17) is 4.99 Å². The molecule has 0 saturated carbocycles. The SMILES string of the molecule is CC[C@H]1CSC2=N[C@@H](c3ccccn3)[C@@H](c3ccc(N4CCCC4)cc3F)N21. The minimum Gasteiger partial charge on any atom is -0.371 e. The lowest BCUT2D eigenvalue weighted by atomic mass is 9.94. The Morgan fingerprint density at radius 1 is 1.18 bits per heavy atom. The predicted octanol–water partition coefficient (Wildman–Crippen LogP) is 4.80. The summed E-state index contributed by atoms with van der Waals surface area (Å²) in [5.41, 5.74) is 2.64. The summed E-state index contributed by atoms with van der Waals surface area (Å²) in [7, 11) is 0. The summed E-state index contributed by atoms with van der Waals surface area (Å²) < 4.78 is 15.4. The summed E-state index contributed by atoms with van der Waals surface area (Å²) in [5.74, 6) is 0.896. The van der Waals surface area contributed by atoms with E-state index >= 15 is 4.39 Å². The highest BCUT2D eigenvalue weighted by Gasteiger charge is 2.46. The van der Waals surface area contributed by atoms with E-state index in [0.29, 0.717) is 6.04 Å². The summed E-state index contributed by atoms with van der Waals surface area (Å²) in [4.78, 5) is 14.2. The molecule has 2 aromatic rings. The fourth-order valence-electron chi connectivity index (χ4n) is 4.61. The first-order valence-electron chi connectivity index (χ1n) is 10.2. The Hall–Kier alpha value is -2.08. The van der Waals surface area contributed by atoms with Crippen LogP contribution in [0.1, 0.15) is 49.5 Å². The molecule has 6 heteroatoms. The molecule has 1 aromatic heterocycles. The molecule has 0 amide bonds. The van der Waals surface area contributed by atoms with Gasteiger partial charge in [0.2, 0.25) is 0 Å². The molecule has 3 atom stereocenters. The Bertz CT molecular complexity index is 881. The van der Waals surface area contributed by atoms with E-state index in [1.165, 1.54) is 12.8 Å². The first-order valence-corrected chi connectivity index (χ1v) is 11.2. The van der Waals surface area contributed by atoms with Crippen molar-refractivity contribution in [3.8, 4) is 0 Å². The summed E-state index contributed by atoms with van der Waals surface area (Å²) in [6.07, 6.45) is 5.21. The first kappa shape index (κ1) is 18.0. The van der Waals surface area contributed by atoms with Crippen LogP contribution in [0.3, 0.4) is 0 Å². The molecule has 2 fully saturated rings. The molecule has 146 valence electrons. The zero-order chi connectivity index (χ0) is 19.1. The number of aliphatic imine (C=N–C) groups is 1. The number of nitrogens with zero attached hydrogens (tertiary/aromatic N) is 4. The molecule has 0 unspecified atom stereocenters. The van der Waals surface area contributed by atoms with Gasteiger partial charge in [-0.25, -0.2) is 4.39 Å². The maximum atomic E-state index is 15.4. The predicted molar refractivity (Wildman–Crippen MR) is 113 cm³/mol. The van der Waals surface area contributed by atoms with E-state index < -0.39 is 0 Å². The van der Waals surface area contributed by atoms with Gasteiger partial charge in [0.25, 0.3) is 0 Å². The van der Waals surface area contributed by atoms with Crippen molar-refractivity contribution in [1.29, 1.82) is 0 Å². The van der Waals surface area contributed by atoms with Crippen LogP contribution in [0, 0.1) is 5.82 Å². The second-order valence-electron chi connectivity index (χ2n) is 7.74. The normalized spacial score (nSPS) is 26.6. The molecular weight excluding hydrogens is 371 g/mol. The van der Waals surface area contributed by atoms with E-state index in [-0.39, 0.29) is 17.9 Å². The topological polar surface area (TPSA) is 31.7 Å². The number of rotatable bonds is 4. The van der Waals surface area contributed by atoms with Gasteiger partial charge in [-0.05, 0) is 43.5 Å². The maximum absolute atomic E-state index is 15.4. The van der Waals surface area contributed by atoms with Crippen molar-refractivity contribution in [2.75, 3.05) is 23.7 Å². The number of hydrogen-bond donors (Lipinski definition) is 0. The van der Waals surface area contributed by atoms with Crippen molar-refractivity contribution in [2.24, 2.45) is 4.99 Å². The third kappa shape index (κ3) is 2.98. The molecule has 0 aliphatic carbocycles. The van der Waals surface area contributed by atoms with Crippen LogP contribution in [0.4, 0.5) is 10.1 Å². The minimum atomic E-state index is -0.162. The van der Waals surface area contributed by atoms with Gasteiger partial charge in [0.05, 0.1) is 11.7 Å². The molecule has 4 nitrogen and oxygen atoms in total. The fourth-order valence-corrected chi connectivity index (χ4v) is 5.95. The Morgan fingerprint density at radius 3 is 2.75 bits per heavy atom. The Morgan fingerprint density at radius 2 is 2.04 bits per heavy atom. The molecule has 0 bridgehead atoms. The number of amidine groups is 1. The summed E-state index contributed by atoms with van der Waals surface area (Å²) in [5, 5.41) is 1.04. The van der Waals surface area contributed by atoms with Gasteiger partial charge in [-0.3, -0.25) is 9.98 Å². The van der Waals surface area contributed by atoms with E-state index in [9.17, 15) is 0 Å². The smallest absolute Gasteiger partial charge is 0.160 e. The molecule has 3 aliphatic rings. The lowest BCUT2D eigenvalue weighted by molar-refractivity contribution is 0.250. The Kier molecular flexibility index (Phi) is 4.75. The molecule has 28 heavy (non-hydrogen) atoms. The molecule has 1 aromatic carbocycles. The zero-order valence-corrected chi connectivity index (χ0v) is 16.9. The van der Waals surface area contributed by atoms with Crippen LogP contribution in [0.5, 0.6) is 0 Å². The zero-order valence-electron chi connectivity index (χ0n) is 16.1. The van der Waals surface area contributed by atoms with Crippen molar-refractivity contribution in [2.45, 2.75) is 44.3 Å². The highest BCUT2D eigenvalue weighted by atomic mass is 32.2. The van der Waals surface area contributed by atoms with Crippen molar-refractivity contribution in [1.82, 2.24) is 9.88 Å². The van der Waals surface area contributed by atoms with E-state index in [2.05, 4.69) is 27.8 Å². The van der Waals surface area contributed by atoms with Gasteiger partial charge in [0.15, 0.2) is 5.17 Å². The third-order valence-corrected chi connectivity index (χ3v) is 7.23. The summed E-state index contributed by atoms with van der Waals surface area (Å²) >= 11 is 1.79. The minimum absolute atomic E-state index is 0.126. The largest absolute Gasteiger partial charge is 0.371 e. The van der Waals surface area contributed by atoms with Gasteiger partial charge < -0.3 is 9.80 Å². The lowest BCUT2D eigenvalue weighted by Gasteiger charge is -2.32. The van der Waals surface area contributed by atoms with Crippen LogP contribution in [-0.2, 0) is 0 Å². The average molecular weight is 397 g/mol. The number of halogens is 1. The summed E-state index contributed by atoms with van der Waals surface area (Å²) in [6.45, 7) is 4.24. The van der Waals surface area contributed by atoms with E-state index in [1.807, 2.05) is 24.3 Å². The number of hydrogen-bond acceptors (Lipinski definition) is 5. The molecule has 5 rings (SSSR count). The molecule has 0 N–H and O–H groups in total. The summed E-state index contributed by atoms with van der Waals surface area (Å²) in [6, 6.07) is 11.8. The van der Waals surface area contributed by atoms with Crippen molar-refractivity contribution < 1.29 is 4.39 Å². The van der Waals surface area contributed by atoms with Crippen LogP contribution >= 0.6 is 11.8 Å². The second kappa shape index (κ2) is 7.39. The quantitative estimate of drug-likeness (QED) is 0.743. The van der Waals surface area contributed by atoms with Gasteiger partial charge in [-0.15, -0.1) is 0 Å². The van der Waals surface area contributed by atoms with Gasteiger partial charge >= 0.3 is 0 Å². The Balaban J connectivity index is 1.55. The highest BCUT2D eigenvalue weighted by molar-refractivity contribution is 8.14. The molecule has 0 spiro atoms.